The zero-order chi connectivity index (χ0) is 91.3. The van der Waals surface area contributed by atoms with E-state index in [-0.39, 0.29) is 40.3 Å². The minimum absolute atomic E-state index is 0.0538. The maximum atomic E-state index is 9.74. The number of hydrogen-bond donors (Lipinski definition) is 0. The monoisotopic (exact) mass is 1070 g/mol. The lowest BCUT2D eigenvalue weighted by Crippen LogP contribution is -1.92. The largest absolute Gasteiger partial charge is 0.135 e. The van der Waals surface area contributed by atoms with Crippen LogP contribution in [0.5, 0.6) is 0 Å². The Balaban J connectivity index is 0.000000184. The zero-order valence-corrected chi connectivity index (χ0v) is 40.4. The number of hydrogen-bond acceptors (Lipinski definition) is 2. The van der Waals surface area contributed by atoms with Crippen molar-refractivity contribution in [1.82, 2.24) is 0 Å². The first kappa shape index (κ1) is 18.6. The van der Waals surface area contributed by atoms with E-state index in [9.17, 15) is 23.3 Å². The number of thiophene rings is 2. The van der Waals surface area contributed by atoms with Gasteiger partial charge in [0.2, 0.25) is 0 Å². The van der Waals surface area contributed by atoms with E-state index in [0.717, 1.165) is 0 Å². The van der Waals surface area contributed by atoms with Crippen molar-refractivity contribution in [2.45, 2.75) is 0 Å². The maximum Gasteiger partial charge on any atom is 0.0644 e. The molecule has 17 rings (SSSR count). The molecular formula is C76H46S2. The molecule has 0 unspecified atom stereocenters. The molecule has 0 aliphatic heterocycles. The first-order valence-electron chi connectivity index (χ1n) is 46.1. The highest BCUT2D eigenvalue weighted by Gasteiger charge is 2.21. The van der Waals surface area contributed by atoms with Gasteiger partial charge in [0.1, 0.15) is 0 Å². The highest BCUT2D eigenvalue weighted by atomic mass is 32.1. The van der Waals surface area contributed by atoms with E-state index < -0.39 is 398 Å². The van der Waals surface area contributed by atoms with Crippen LogP contribution in [0.4, 0.5) is 0 Å². The molecule has 0 amide bonds. The molecule has 2 heterocycles. The van der Waals surface area contributed by atoms with Gasteiger partial charge < -0.3 is 0 Å². The standard InChI is InChI=1S/C40H24S.C36H22S/c1-2-12-27-25(11-1)23-36(29-14-4-3-13-28(27)29)40-34-18-7-5-16-32(34)39(33-17-6-8-19-35(33)40)26-21-22-31-30-15-9-10-20-37(30)41-38(31)24-26;1-2-12-25-23(10-1)11-9-18-28(25)36-31-16-5-3-14-29(31)35(30-15-4-6-17-32(30)36)24-20-21-27-26-13-7-8-19-33(26)37-34(27)22-24/h1-24H;1-22H/i1D,2D,3D,4D,5D,6D,7D,8D,9D,10D,11D,12D,13D,14D,15D,16D,17D,18D,19D,20D,21D,22D,23D,24D;1D,2D,3D,4D,5D,6D,7D,8D,9D,10D,11D,12D,13D,14D,15D,16D,17D,18D,19D,20D,21D,22D. The normalized spacial score (nSPS) is 20.1. The van der Waals surface area contributed by atoms with Gasteiger partial charge >= 0.3 is 0 Å². The molecule has 0 saturated carbocycles. The van der Waals surface area contributed by atoms with Crippen molar-refractivity contribution < 1.29 is 63.1 Å². The first-order chi connectivity index (χ1) is 57.9. The van der Waals surface area contributed by atoms with Crippen molar-refractivity contribution in [2.24, 2.45) is 0 Å². The van der Waals surface area contributed by atoms with Gasteiger partial charge in [0.05, 0.1) is 63.1 Å². The third-order valence-corrected chi connectivity index (χ3v) is 15.0. The summed E-state index contributed by atoms with van der Waals surface area (Å²) in [6, 6.07) is -36.7. The Morgan fingerprint density at radius 1 is 0.192 bits per heavy atom. The highest BCUT2D eigenvalue weighted by molar-refractivity contribution is 7.26. The van der Waals surface area contributed by atoms with Crippen LogP contribution in [0, 0.1) is 0 Å². The van der Waals surface area contributed by atoms with E-state index in [1.807, 2.05) is 0 Å². The Kier molecular flexibility index (Phi) is 4.33. The van der Waals surface area contributed by atoms with Gasteiger partial charge in [0.15, 0.2) is 0 Å². The zero-order valence-electron chi connectivity index (χ0n) is 84.8. The average molecular weight is 1070 g/mol. The van der Waals surface area contributed by atoms with Gasteiger partial charge in [-0.25, -0.2) is 0 Å². The summed E-state index contributed by atoms with van der Waals surface area (Å²) in [7, 11) is 0. The molecule has 0 bridgehead atoms. The molecule has 15 aromatic carbocycles. The lowest BCUT2D eigenvalue weighted by atomic mass is 9.84. The summed E-state index contributed by atoms with van der Waals surface area (Å²) in [5, 5.41) is -8.96. The van der Waals surface area contributed by atoms with Crippen LogP contribution in [-0.2, 0) is 0 Å². The molecule has 0 aliphatic carbocycles. The lowest BCUT2D eigenvalue weighted by Gasteiger charge is -2.19. The third-order valence-electron chi connectivity index (χ3n) is 13.0. The number of rotatable bonds is 4. The molecule has 17 aromatic rings. The van der Waals surface area contributed by atoms with Gasteiger partial charge in [-0.2, -0.15) is 0 Å². The van der Waals surface area contributed by atoms with E-state index in [2.05, 4.69) is 0 Å². The minimum atomic E-state index is -0.933. The fraction of sp³-hybridized carbons (Fsp3) is 0. The summed E-state index contributed by atoms with van der Waals surface area (Å²) in [5.74, 6) is 0. The van der Waals surface area contributed by atoms with Gasteiger partial charge in [-0.1, -0.05) is 248 Å². The Bertz CT molecular complexity index is 7930. The quantitative estimate of drug-likeness (QED) is 0.122. The van der Waals surface area contributed by atoms with Crippen LogP contribution >= 0.6 is 22.7 Å². The molecule has 0 atom stereocenters. The summed E-state index contributed by atoms with van der Waals surface area (Å²) < 4.78 is 409. The average Bonchev–Trinajstić information content (AvgIpc) is 0.792. The van der Waals surface area contributed by atoms with Crippen molar-refractivity contribution in [2.75, 3.05) is 0 Å². The summed E-state index contributed by atoms with van der Waals surface area (Å²) in [5.41, 5.74) is -4.80. The van der Waals surface area contributed by atoms with Crippen LogP contribution in [0.2, 0.25) is 0 Å². The van der Waals surface area contributed by atoms with E-state index in [1.165, 1.54) is 0 Å². The van der Waals surface area contributed by atoms with E-state index in [0.29, 0.717) is 22.7 Å². The second kappa shape index (κ2) is 18.1. The van der Waals surface area contributed by atoms with Crippen molar-refractivity contribution in [3.8, 4) is 44.5 Å². The van der Waals surface area contributed by atoms with Gasteiger partial charge in [-0.15, -0.1) is 22.7 Å². The molecule has 0 N–H and O–H groups in total. The van der Waals surface area contributed by atoms with E-state index in [4.69, 9.17) is 39.8 Å². The van der Waals surface area contributed by atoms with Gasteiger partial charge in [0, 0.05) is 40.3 Å². The summed E-state index contributed by atoms with van der Waals surface area (Å²) in [6.45, 7) is 0. The fourth-order valence-electron chi connectivity index (χ4n) is 9.75. The Morgan fingerprint density at radius 3 is 1.01 bits per heavy atom. The smallest absolute Gasteiger partial charge is 0.0644 e. The lowest BCUT2D eigenvalue weighted by molar-refractivity contribution is 1.69. The van der Waals surface area contributed by atoms with Crippen molar-refractivity contribution >= 4 is 138 Å². The minimum Gasteiger partial charge on any atom is -0.135 e. The predicted octanol–water partition coefficient (Wildman–Crippen LogP) is 22.8. The molecule has 362 valence electrons. The first-order valence-corrected chi connectivity index (χ1v) is 24.7. The molecule has 0 radical (unpaired) electrons. The van der Waals surface area contributed by atoms with Crippen LogP contribution < -0.4 is 0 Å². The van der Waals surface area contributed by atoms with Gasteiger partial charge in [-0.3, -0.25) is 0 Å². The second-order valence-corrected chi connectivity index (χ2v) is 19.1. The Labute approximate surface area is 523 Å². The van der Waals surface area contributed by atoms with Crippen LogP contribution in [0.15, 0.2) is 278 Å². The molecule has 0 saturated heterocycles. The molecule has 0 fully saturated rings. The maximum absolute atomic E-state index is 9.74. The Hall–Kier alpha value is -9.44. The second-order valence-electron chi connectivity index (χ2n) is 17.0. The predicted molar refractivity (Wildman–Crippen MR) is 343 cm³/mol. The number of fused-ring (bicyclic) bond motifs is 14. The summed E-state index contributed by atoms with van der Waals surface area (Å²) in [4.78, 5) is 0. The van der Waals surface area contributed by atoms with Crippen molar-refractivity contribution in [3.63, 3.8) is 0 Å². The molecule has 0 nitrogen and oxygen atoms in total. The summed E-state index contributed by atoms with van der Waals surface area (Å²) >= 11 is 1.37. The van der Waals surface area contributed by atoms with E-state index in [1.54, 1.807) is 0 Å². The highest BCUT2D eigenvalue weighted by Crippen LogP contribution is 2.49. The van der Waals surface area contributed by atoms with Crippen molar-refractivity contribution in [3.05, 3.63) is 278 Å². The summed E-state index contributed by atoms with van der Waals surface area (Å²) in [6.07, 6.45) is 0. The fourth-order valence-corrected chi connectivity index (χ4v) is 11.7. The van der Waals surface area contributed by atoms with E-state index >= 15 is 0 Å². The molecule has 78 heavy (non-hydrogen) atoms. The topological polar surface area (TPSA) is 0 Å². The molecule has 2 heteroatoms. The number of benzene rings is 15. The SMILES string of the molecule is [2H]c1c([2H])c([2H])c2c(sc3c([2H])c(-c4c5c([2H])c([2H])c([2H])c([2H])c5c(-c5c([2H])c([2H])c([2H])c6c([2H])c([2H])c([2H])c([2H])c56)c5c([2H])c([2H])c([2H])c([2H])c45)c([2H])c([2H])c32)c1[2H].[2H]c1c([2H])c([2H])c2c(sc3c([2H])c(-c4c5c([2H])c([2H])c([2H])c([2H])c5c(-c5c([2H])c6c([2H])c([2H])c([2H])c([2H])c6c6c([2H])c([2H])c([2H])c([2H])c56)c5c([2H])c([2H])c([2H])c([2H])c45)c([2H])c([2H])c32)c1[2H]. The van der Waals surface area contributed by atoms with Gasteiger partial charge in [-0.05, 0) is 150 Å². The Morgan fingerprint density at radius 2 is 0.526 bits per heavy atom. The third kappa shape index (κ3) is 7.04. The van der Waals surface area contributed by atoms with Crippen LogP contribution in [-0.4, -0.2) is 0 Å². The molecular weight excluding hydrogens is 977 g/mol. The molecule has 0 spiro atoms. The molecule has 0 aliphatic rings. The van der Waals surface area contributed by atoms with Crippen LogP contribution in [0.3, 0.4) is 0 Å². The van der Waals surface area contributed by atoms with Gasteiger partial charge in [0.25, 0.3) is 0 Å². The van der Waals surface area contributed by atoms with Crippen LogP contribution in [0.25, 0.3) is 160 Å². The van der Waals surface area contributed by atoms with Crippen molar-refractivity contribution in [1.29, 1.82) is 0 Å². The molecule has 2 aromatic heterocycles. The van der Waals surface area contributed by atoms with Crippen LogP contribution in [0.1, 0.15) is 63.1 Å².